The van der Waals surface area contributed by atoms with Gasteiger partial charge in [0.05, 0.1) is 12.7 Å². The molecule has 1 saturated heterocycles. The first-order valence-electron chi connectivity index (χ1n) is 7.34. The fourth-order valence-electron chi connectivity index (χ4n) is 3.32. The minimum Gasteiger partial charge on any atom is -0.371 e. The molecule has 2 nitrogen and oxygen atoms in total. The molecule has 1 aromatic carbocycles. The molecule has 1 aliphatic heterocycles. The van der Waals surface area contributed by atoms with E-state index >= 15 is 0 Å². The largest absolute Gasteiger partial charge is 0.371 e. The van der Waals surface area contributed by atoms with Crippen LogP contribution in [0, 0.1) is 0 Å². The van der Waals surface area contributed by atoms with Gasteiger partial charge in [-0.25, -0.2) is 0 Å². The van der Waals surface area contributed by atoms with E-state index in [-0.39, 0.29) is 6.10 Å². The number of ether oxygens (including phenoxy) is 1. The average molecular weight is 245 g/mol. The van der Waals surface area contributed by atoms with Gasteiger partial charge in [-0.15, -0.1) is 0 Å². The van der Waals surface area contributed by atoms with Gasteiger partial charge in [0.25, 0.3) is 0 Å². The van der Waals surface area contributed by atoms with E-state index < -0.39 is 0 Å². The van der Waals surface area contributed by atoms with E-state index in [9.17, 15) is 0 Å². The van der Waals surface area contributed by atoms with E-state index in [4.69, 9.17) is 4.74 Å². The third kappa shape index (κ3) is 2.76. The van der Waals surface area contributed by atoms with Gasteiger partial charge in [0, 0.05) is 19.1 Å². The summed E-state index contributed by atoms with van der Waals surface area (Å²) in [6.07, 6.45) is 7.32. The van der Waals surface area contributed by atoms with Crippen LogP contribution >= 0.6 is 0 Å². The molecule has 3 rings (SSSR count). The van der Waals surface area contributed by atoms with Crippen LogP contribution in [-0.2, 0) is 4.74 Å². The number of benzene rings is 1. The Bertz CT molecular complexity index is 359. The lowest BCUT2D eigenvalue weighted by atomic mass is 9.93. The van der Waals surface area contributed by atoms with Crippen molar-refractivity contribution in [2.45, 2.75) is 44.2 Å². The molecule has 0 N–H and O–H groups in total. The first-order chi connectivity index (χ1) is 8.93. The van der Waals surface area contributed by atoms with Crippen molar-refractivity contribution >= 4 is 0 Å². The van der Waals surface area contributed by atoms with Crippen LogP contribution in [0.3, 0.4) is 0 Å². The van der Waals surface area contributed by atoms with Crippen molar-refractivity contribution in [2.75, 3.05) is 19.7 Å². The molecule has 1 heterocycles. The van der Waals surface area contributed by atoms with Gasteiger partial charge in [-0.1, -0.05) is 49.6 Å². The van der Waals surface area contributed by atoms with Crippen molar-refractivity contribution in [1.29, 1.82) is 0 Å². The van der Waals surface area contributed by atoms with Gasteiger partial charge in [0.1, 0.15) is 0 Å². The molecule has 0 aromatic heterocycles. The summed E-state index contributed by atoms with van der Waals surface area (Å²) in [4.78, 5) is 2.67. The molecular formula is C16H23NO. The first kappa shape index (κ1) is 12.2. The van der Waals surface area contributed by atoms with Crippen molar-refractivity contribution in [3.8, 4) is 0 Å². The van der Waals surface area contributed by atoms with Gasteiger partial charge >= 0.3 is 0 Å². The highest BCUT2D eigenvalue weighted by Crippen LogP contribution is 2.28. The molecule has 1 unspecified atom stereocenters. The Balaban J connectivity index is 1.64. The minimum atomic E-state index is 0.280. The maximum atomic E-state index is 5.94. The molecule has 1 aliphatic carbocycles. The molecule has 0 bridgehead atoms. The van der Waals surface area contributed by atoms with Crippen LogP contribution in [0.15, 0.2) is 30.3 Å². The van der Waals surface area contributed by atoms with E-state index in [1.54, 1.807) is 0 Å². The van der Waals surface area contributed by atoms with E-state index in [1.165, 1.54) is 37.7 Å². The first-order valence-corrected chi connectivity index (χ1v) is 7.34. The second-order valence-corrected chi connectivity index (χ2v) is 5.56. The van der Waals surface area contributed by atoms with Crippen LogP contribution in [-0.4, -0.2) is 30.6 Å². The zero-order valence-electron chi connectivity index (χ0n) is 11.1. The maximum absolute atomic E-state index is 5.94. The predicted octanol–water partition coefficient (Wildman–Crippen LogP) is 3.39. The van der Waals surface area contributed by atoms with E-state index in [0.29, 0.717) is 0 Å². The summed E-state index contributed by atoms with van der Waals surface area (Å²) in [6, 6.07) is 11.5. The molecule has 0 spiro atoms. The Morgan fingerprint density at radius 3 is 2.56 bits per heavy atom. The van der Waals surface area contributed by atoms with Crippen LogP contribution in [0.1, 0.15) is 43.8 Å². The quantitative estimate of drug-likeness (QED) is 0.792. The van der Waals surface area contributed by atoms with Crippen LogP contribution < -0.4 is 0 Å². The molecule has 1 aromatic rings. The summed E-state index contributed by atoms with van der Waals surface area (Å²) in [5.74, 6) is 0. The van der Waals surface area contributed by atoms with Crippen LogP contribution in [0.5, 0.6) is 0 Å². The molecule has 2 fully saturated rings. The topological polar surface area (TPSA) is 12.5 Å². The SMILES string of the molecule is c1ccc(C2CN(C3CCCCC3)CCO2)cc1. The van der Waals surface area contributed by atoms with Gasteiger partial charge in [-0.05, 0) is 18.4 Å². The predicted molar refractivity (Wildman–Crippen MR) is 73.6 cm³/mol. The zero-order chi connectivity index (χ0) is 12.2. The zero-order valence-corrected chi connectivity index (χ0v) is 11.1. The summed E-state index contributed by atoms with van der Waals surface area (Å²) in [7, 11) is 0. The summed E-state index contributed by atoms with van der Waals surface area (Å²) < 4.78 is 5.94. The Morgan fingerprint density at radius 1 is 1.00 bits per heavy atom. The van der Waals surface area contributed by atoms with Gasteiger partial charge in [-0.3, -0.25) is 4.90 Å². The summed E-state index contributed by atoms with van der Waals surface area (Å²) in [5.41, 5.74) is 1.33. The van der Waals surface area contributed by atoms with Gasteiger partial charge in [0.15, 0.2) is 0 Å². The van der Waals surface area contributed by atoms with Crippen molar-refractivity contribution in [1.82, 2.24) is 4.90 Å². The molecule has 98 valence electrons. The highest BCUT2D eigenvalue weighted by Gasteiger charge is 2.27. The summed E-state index contributed by atoms with van der Waals surface area (Å²) in [5, 5.41) is 0. The summed E-state index contributed by atoms with van der Waals surface area (Å²) in [6.45, 7) is 3.08. The monoisotopic (exact) mass is 245 g/mol. The van der Waals surface area contributed by atoms with E-state index in [1.807, 2.05) is 0 Å². The van der Waals surface area contributed by atoms with Crippen LogP contribution in [0.25, 0.3) is 0 Å². The molecule has 18 heavy (non-hydrogen) atoms. The Labute approximate surface area is 110 Å². The van der Waals surface area contributed by atoms with Gasteiger partial charge in [0.2, 0.25) is 0 Å². The molecule has 0 radical (unpaired) electrons. The number of hydrogen-bond acceptors (Lipinski definition) is 2. The number of morpholine rings is 1. The Morgan fingerprint density at radius 2 is 1.78 bits per heavy atom. The van der Waals surface area contributed by atoms with Crippen molar-refractivity contribution < 1.29 is 4.74 Å². The second-order valence-electron chi connectivity index (χ2n) is 5.56. The second kappa shape index (κ2) is 5.85. The highest BCUT2D eigenvalue weighted by molar-refractivity contribution is 5.18. The molecule has 1 saturated carbocycles. The molecule has 1 atom stereocenters. The average Bonchev–Trinajstić information content (AvgIpc) is 2.49. The Hall–Kier alpha value is -0.860. The van der Waals surface area contributed by atoms with Crippen molar-refractivity contribution in [2.24, 2.45) is 0 Å². The number of hydrogen-bond donors (Lipinski definition) is 0. The molecule has 0 amide bonds. The Kier molecular flexibility index (Phi) is 3.96. The third-order valence-corrected chi connectivity index (χ3v) is 4.36. The fraction of sp³-hybridized carbons (Fsp3) is 0.625. The van der Waals surface area contributed by atoms with Crippen LogP contribution in [0.4, 0.5) is 0 Å². The lowest BCUT2D eigenvalue weighted by Gasteiger charge is -2.40. The third-order valence-electron chi connectivity index (χ3n) is 4.36. The standard InChI is InChI=1S/C16H23NO/c1-3-7-14(8-4-1)16-13-17(11-12-18-16)15-9-5-2-6-10-15/h1,3-4,7-8,15-16H,2,5-6,9-13H2. The normalized spacial score (nSPS) is 27.2. The smallest absolute Gasteiger partial charge is 0.0952 e. The highest BCUT2D eigenvalue weighted by atomic mass is 16.5. The minimum absolute atomic E-state index is 0.280. The fourth-order valence-corrected chi connectivity index (χ4v) is 3.32. The molecular weight excluding hydrogens is 222 g/mol. The lowest BCUT2D eigenvalue weighted by Crippen LogP contribution is -2.45. The van der Waals surface area contributed by atoms with E-state index in [2.05, 4.69) is 35.2 Å². The van der Waals surface area contributed by atoms with Crippen molar-refractivity contribution in [3.05, 3.63) is 35.9 Å². The van der Waals surface area contributed by atoms with Gasteiger partial charge < -0.3 is 4.74 Å². The van der Waals surface area contributed by atoms with Crippen LogP contribution in [0.2, 0.25) is 0 Å². The maximum Gasteiger partial charge on any atom is 0.0952 e. The number of nitrogens with zero attached hydrogens (tertiary/aromatic N) is 1. The number of rotatable bonds is 2. The van der Waals surface area contributed by atoms with Crippen molar-refractivity contribution in [3.63, 3.8) is 0 Å². The summed E-state index contributed by atoms with van der Waals surface area (Å²) >= 11 is 0. The molecule has 2 heteroatoms. The molecule has 2 aliphatic rings. The van der Waals surface area contributed by atoms with E-state index in [0.717, 1.165) is 25.7 Å². The lowest BCUT2D eigenvalue weighted by molar-refractivity contribution is -0.0498. The van der Waals surface area contributed by atoms with Gasteiger partial charge in [-0.2, -0.15) is 0 Å².